The molecular formula is C15H25NO3. The quantitative estimate of drug-likeness (QED) is 0.713. The molecule has 0 saturated heterocycles. The van der Waals surface area contributed by atoms with Gasteiger partial charge in [-0.2, -0.15) is 0 Å². The fraction of sp³-hybridized carbons (Fsp3) is 0.600. The Morgan fingerprint density at radius 1 is 1.21 bits per heavy atom. The van der Waals surface area contributed by atoms with E-state index < -0.39 is 6.10 Å². The Kier molecular flexibility index (Phi) is 7.48. The molecule has 0 heterocycles. The second kappa shape index (κ2) is 8.91. The van der Waals surface area contributed by atoms with Crippen LogP contribution in [0.2, 0.25) is 0 Å². The van der Waals surface area contributed by atoms with Crippen LogP contribution < -0.4 is 10.1 Å². The molecule has 1 aromatic rings. The lowest BCUT2D eigenvalue weighted by Gasteiger charge is -2.15. The zero-order chi connectivity index (χ0) is 14.1. The first-order chi connectivity index (χ1) is 9.11. The third-order valence-electron chi connectivity index (χ3n) is 2.72. The molecule has 0 aromatic heterocycles. The molecule has 0 bridgehead atoms. The van der Waals surface area contributed by atoms with Crippen LogP contribution >= 0.6 is 0 Å². The third-order valence-corrected chi connectivity index (χ3v) is 2.72. The first-order valence-electron chi connectivity index (χ1n) is 6.74. The maximum absolute atomic E-state index is 9.73. The van der Waals surface area contributed by atoms with Gasteiger partial charge in [0.05, 0.1) is 6.61 Å². The van der Waals surface area contributed by atoms with Crippen LogP contribution in [-0.4, -0.2) is 44.1 Å². The molecule has 1 rings (SSSR count). The SMILES string of the molecule is COCCc1ccc(OCC(O)CN[11CH](C)C)cc1. The molecule has 0 amide bonds. The summed E-state index contributed by atoms with van der Waals surface area (Å²) in [6.07, 6.45) is 0.410. The third kappa shape index (κ3) is 7.15. The Bertz CT molecular complexity index is 338. The molecule has 2 N–H and O–H groups in total. The smallest absolute Gasteiger partial charge is 0.119 e. The van der Waals surface area contributed by atoms with Crippen LogP contribution in [0.5, 0.6) is 5.75 Å². The van der Waals surface area contributed by atoms with Crippen LogP contribution in [0.15, 0.2) is 24.3 Å². The maximum Gasteiger partial charge on any atom is 0.119 e. The standard InChI is InChI=1S/C15H25NO3/c1-12(2)16-10-14(17)11-19-15-6-4-13(5-7-15)8-9-18-3/h4-7,12,14,16-17H,8-11H2,1-3H3/i12-1. The number of rotatable bonds is 9. The second-order valence-corrected chi connectivity index (χ2v) is 4.91. The van der Waals surface area contributed by atoms with E-state index in [1.165, 1.54) is 5.56 Å². The highest BCUT2D eigenvalue weighted by Crippen LogP contribution is 2.12. The zero-order valence-corrected chi connectivity index (χ0v) is 12.1. The molecule has 0 saturated carbocycles. The fourth-order valence-corrected chi connectivity index (χ4v) is 1.60. The zero-order valence-electron chi connectivity index (χ0n) is 12.1. The van der Waals surface area contributed by atoms with Crippen molar-refractivity contribution < 1.29 is 14.6 Å². The minimum Gasteiger partial charge on any atom is -0.491 e. The number of benzene rings is 1. The molecule has 19 heavy (non-hydrogen) atoms. The van der Waals surface area contributed by atoms with E-state index in [0.717, 1.165) is 18.8 Å². The lowest BCUT2D eigenvalue weighted by Crippen LogP contribution is -2.35. The Balaban J connectivity index is 2.29. The van der Waals surface area contributed by atoms with E-state index in [9.17, 15) is 5.11 Å². The summed E-state index contributed by atoms with van der Waals surface area (Å²) in [4.78, 5) is 0. The summed E-state index contributed by atoms with van der Waals surface area (Å²) in [6, 6.07) is 8.26. The van der Waals surface area contributed by atoms with Crippen molar-refractivity contribution >= 4 is 0 Å². The predicted molar refractivity (Wildman–Crippen MR) is 76.7 cm³/mol. The van der Waals surface area contributed by atoms with Crippen LogP contribution in [0.1, 0.15) is 19.4 Å². The van der Waals surface area contributed by atoms with Gasteiger partial charge < -0.3 is 19.9 Å². The average molecular weight is 266 g/mol. The molecule has 0 fully saturated rings. The summed E-state index contributed by atoms with van der Waals surface area (Å²) in [5.74, 6) is 0.782. The molecule has 0 aliphatic rings. The number of hydrogen-bond donors (Lipinski definition) is 2. The van der Waals surface area contributed by atoms with Gasteiger partial charge in [-0.15, -0.1) is 0 Å². The van der Waals surface area contributed by atoms with Crippen molar-refractivity contribution in [2.45, 2.75) is 32.4 Å². The second-order valence-electron chi connectivity index (χ2n) is 4.91. The molecule has 108 valence electrons. The molecule has 0 radical (unpaired) electrons. The van der Waals surface area contributed by atoms with Crippen molar-refractivity contribution in [1.29, 1.82) is 0 Å². The number of hydrogen-bond acceptors (Lipinski definition) is 4. The Labute approximate surface area is 115 Å². The van der Waals surface area contributed by atoms with Crippen LogP contribution in [0.4, 0.5) is 0 Å². The number of methoxy groups -OCH3 is 1. The van der Waals surface area contributed by atoms with E-state index >= 15 is 0 Å². The van der Waals surface area contributed by atoms with Crippen LogP contribution in [0, 0.1) is 0 Å². The molecule has 0 spiro atoms. The Morgan fingerprint density at radius 2 is 1.89 bits per heavy atom. The lowest BCUT2D eigenvalue weighted by atomic mass is 9.82. The molecule has 4 heteroatoms. The van der Waals surface area contributed by atoms with Crippen LogP contribution in [0.3, 0.4) is 0 Å². The van der Waals surface area contributed by atoms with Gasteiger partial charge in [0, 0.05) is 19.7 Å². The van der Waals surface area contributed by atoms with Crippen molar-refractivity contribution in [2.24, 2.45) is 0 Å². The highest BCUT2D eigenvalue weighted by atomic mass is 16.5. The predicted octanol–water partition coefficient (Wildman–Crippen LogP) is 1.61. The van der Waals surface area contributed by atoms with Gasteiger partial charge in [-0.1, -0.05) is 26.0 Å². The van der Waals surface area contributed by atoms with E-state index in [1.54, 1.807) is 7.11 Å². The monoisotopic (exact) mass is 266 g/mol. The molecule has 0 aliphatic heterocycles. The van der Waals surface area contributed by atoms with Crippen LogP contribution in [0.25, 0.3) is 0 Å². The highest BCUT2D eigenvalue weighted by Gasteiger charge is 2.05. The van der Waals surface area contributed by atoms with Crippen molar-refractivity contribution in [2.75, 3.05) is 26.9 Å². The minimum absolute atomic E-state index is 0.303. The van der Waals surface area contributed by atoms with Crippen LogP contribution in [-0.2, 0) is 11.2 Å². The number of aliphatic hydroxyl groups is 1. The molecule has 0 aliphatic carbocycles. The van der Waals surface area contributed by atoms with Crippen molar-refractivity contribution in [3.05, 3.63) is 29.8 Å². The summed E-state index contributed by atoms with van der Waals surface area (Å²) < 4.78 is 10.6. The molecule has 4 nitrogen and oxygen atoms in total. The summed E-state index contributed by atoms with van der Waals surface area (Å²) in [6.45, 7) is 5.67. The molecule has 1 aromatic carbocycles. The Hall–Kier alpha value is -1.10. The summed E-state index contributed by atoms with van der Waals surface area (Å²) in [7, 11) is 1.70. The summed E-state index contributed by atoms with van der Waals surface area (Å²) in [5, 5.41) is 12.9. The lowest BCUT2D eigenvalue weighted by molar-refractivity contribution is 0.104. The van der Waals surface area contributed by atoms with Gasteiger partial charge in [-0.25, -0.2) is 0 Å². The number of nitrogens with one attached hydrogen (secondary N) is 1. The summed E-state index contributed by atoms with van der Waals surface area (Å²) >= 11 is 0. The van der Waals surface area contributed by atoms with Gasteiger partial charge in [-0.3, -0.25) is 0 Å². The topological polar surface area (TPSA) is 50.7 Å². The first kappa shape index (κ1) is 16.0. The van der Waals surface area contributed by atoms with E-state index in [0.29, 0.717) is 19.2 Å². The van der Waals surface area contributed by atoms with E-state index in [1.807, 2.05) is 38.1 Å². The molecular weight excluding hydrogens is 241 g/mol. The highest BCUT2D eigenvalue weighted by molar-refractivity contribution is 5.27. The minimum atomic E-state index is -0.490. The largest absolute Gasteiger partial charge is 0.491 e. The Morgan fingerprint density at radius 3 is 2.47 bits per heavy atom. The van der Waals surface area contributed by atoms with E-state index in [2.05, 4.69) is 5.32 Å². The number of ether oxygens (including phenoxy) is 2. The van der Waals surface area contributed by atoms with Gasteiger partial charge in [0.25, 0.3) is 0 Å². The van der Waals surface area contributed by atoms with Gasteiger partial charge in [0.15, 0.2) is 0 Å². The number of aliphatic hydroxyl groups excluding tert-OH is 1. The molecule has 1 atom stereocenters. The van der Waals surface area contributed by atoms with Crippen molar-refractivity contribution in [1.82, 2.24) is 5.32 Å². The maximum atomic E-state index is 9.73. The fourth-order valence-electron chi connectivity index (χ4n) is 1.60. The first-order valence-corrected chi connectivity index (χ1v) is 6.74. The van der Waals surface area contributed by atoms with E-state index in [4.69, 9.17) is 9.47 Å². The normalized spacial score (nSPS) is 12.7. The summed E-state index contributed by atoms with van der Waals surface area (Å²) in [5.41, 5.74) is 1.22. The van der Waals surface area contributed by atoms with Gasteiger partial charge in [0.2, 0.25) is 0 Å². The van der Waals surface area contributed by atoms with Gasteiger partial charge in [0.1, 0.15) is 18.5 Å². The average Bonchev–Trinajstić information content (AvgIpc) is 2.41. The van der Waals surface area contributed by atoms with Crippen molar-refractivity contribution in [3.8, 4) is 5.75 Å². The van der Waals surface area contributed by atoms with Crippen molar-refractivity contribution in [3.63, 3.8) is 0 Å². The van der Waals surface area contributed by atoms with Gasteiger partial charge >= 0.3 is 0 Å². The van der Waals surface area contributed by atoms with Gasteiger partial charge in [-0.05, 0) is 24.1 Å². The molecule has 1 unspecified atom stereocenters. The van der Waals surface area contributed by atoms with E-state index in [-0.39, 0.29) is 0 Å².